The van der Waals surface area contributed by atoms with Crippen molar-refractivity contribution < 1.29 is 4.74 Å². The molecule has 0 unspecified atom stereocenters. The van der Waals surface area contributed by atoms with Crippen molar-refractivity contribution in [3.63, 3.8) is 0 Å². The largest absolute Gasteiger partial charge is 0.490 e. The van der Waals surface area contributed by atoms with Crippen LogP contribution in [0, 0.1) is 7.11 Å². The molecule has 1 rings (SSSR count). The van der Waals surface area contributed by atoms with Gasteiger partial charge in [-0.3, -0.25) is 0 Å². The van der Waals surface area contributed by atoms with Crippen molar-refractivity contribution in [2.24, 2.45) is 0 Å². The highest BCUT2D eigenvalue weighted by atomic mass is 16.5. The number of aryl methyl sites for hydroxylation is 2. The normalized spacial score (nSPS) is 9.92. The summed E-state index contributed by atoms with van der Waals surface area (Å²) >= 11 is 0. The van der Waals surface area contributed by atoms with E-state index in [1.54, 1.807) is 0 Å². The van der Waals surface area contributed by atoms with E-state index in [2.05, 4.69) is 27.0 Å². The fourth-order valence-corrected chi connectivity index (χ4v) is 1.22. The molecule has 0 bridgehead atoms. The minimum atomic E-state index is 0.867. The zero-order valence-corrected chi connectivity index (χ0v) is 7.76. The lowest BCUT2D eigenvalue weighted by atomic mass is 10.1. The van der Waals surface area contributed by atoms with Crippen LogP contribution >= 0.6 is 0 Å². The van der Waals surface area contributed by atoms with Crippen molar-refractivity contribution in [2.75, 3.05) is 0 Å². The Bertz CT molecular complexity index is 198. The Hall–Kier alpha value is -0.980. The highest BCUT2D eigenvalue weighted by Crippen LogP contribution is 2.17. The van der Waals surface area contributed by atoms with E-state index >= 15 is 0 Å². The van der Waals surface area contributed by atoms with Crippen molar-refractivity contribution in [3.05, 3.63) is 36.4 Å². The highest BCUT2D eigenvalue weighted by Gasteiger charge is 1.97. The molecule has 0 heterocycles. The molecule has 1 heteroatoms. The van der Waals surface area contributed by atoms with Gasteiger partial charge in [0.15, 0.2) is 0 Å². The first kappa shape index (κ1) is 9.11. The minimum absolute atomic E-state index is 0.867. The van der Waals surface area contributed by atoms with E-state index in [1.807, 2.05) is 12.1 Å². The maximum absolute atomic E-state index is 4.95. The molecule has 0 saturated carbocycles. The maximum Gasteiger partial charge on any atom is 0.122 e. The van der Waals surface area contributed by atoms with E-state index in [0.717, 1.165) is 18.6 Å². The summed E-state index contributed by atoms with van der Waals surface area (Å²) in [6, 6.07) is 6.28. The highest BCUT2D eigenvalue weighted by molar-refractivity contribution is 5.34. The molecular weight excluding hydrogens is 148 g/mol. The number of benzene rings is 1. The third-order valence-electron chi connectivity index (χ3n) is 2.01. The van der Waals surface area contributed by atoms with Gasteiger partial charge in [0.1, 0.15) is 12.9 Å². The SMILES string of the molecule is [CH2]Oc1cc(CC)cc(CC)c1. The Morgan fingerprint density at radius 1 is 1.08 bits per heavy atom. The second kappa shape index (κ2) is 4.15. The van der Waals surface area contributed by atoms with Crippen molar-refractivity contribution in [1.29, 1.82) is 0 Å². The summed E-state index contributed by atoms with van der Waals surface area (Å²) in [5.41, 5.74) is 2.63. The fraction of sp³-hybridized carbons (Fsp3) is 0.364. The summed E-state index contributed by atoms with van der Waals surface area (Å²) in [5.74, 6) is 0.867. The summed E-state index contributed by atoms with van der Waals surface area (Å²) < 4.78 is 4.95. The van der Waals surface area contributed by atoms with Crippen LogP contribution in [-0.4, -0.2) is 0 Å². The van der Waals surface area contributed by atoms with Gasteiger partial charge in [-0.05, 0) is 36.1 Å². The van der Waals surface area contributed by atoms with Crippen LogP contribution in [0.3, 0.4) is 0 Å². The quantitative estimate of drug-likeness (QED) is 0.665. The van der Waals surface area contributed by atoms with Crippen molar-refractivity contribution in [1.82, 2.24) is 0 Å². The van der Waals surface area contributed by atoms with Gasteiger partial charge < -0.3 is 4.74 Å². The molecule has 0 fully saturated rings. The van der Waals surface area contributed by atoms with Gasteiger partial charge in [0.2, 0.25) is 0 Å². The molecule has 1 aromatic rings. The Morgan fingerprint density at radius 3 is 1.92 bits per heavy atom. The van der Waals surface area contributed by atoms with Gasteiger partial charge in [-0.15, -0.1) is 0 Å². The van der Waals surface area contributed by atoms with Gasteiger partial charge in [0.05, 0.1) is 0 Å². The average molecular weight is 163 g/mol. The lowest BCUT2D eigenvalue weighted by Gasteiger charge is -2.05. The standard InChI is InChI=1S/C11H15O/c1-4-9-6-10(5-2)8-11(7-9)12-3/h6-8H,3-5H2,1-2H3. The van der Waals surface area contributed by atoms with Crippen LogP contribution in [-0.2, 0) is 12.8 Å². The van der Waals surface area contributed by atoms with E-state index in [9.17, 15) is 0 Å². The lowest BCUT2D eigenvalue weighted by molar-refractivity contribution is 0.471. The van der Waals surface area contributed by atoms with Gasteiger partial charge in [-0.25, -0.2) is 0 Å². The third kappa shape index (κ3) is 2.00. The first-order chi connectivity index (χ1) is 5.80. The summed E-state index contributed by atoms with van der Waals surface area (Å²) in [5, 5.41) is 0. The molecule has 0 aliphatic heterocycles. The fourth-order valence-electron chi connectivity index (χ4n) is 1.22. The Morgan fingerprint density at radius 2 is 1.58 bits per heavy atom. The summed E-state index contributed by atoms with van der Waals surface area (Å²) in [7, 11) is 3.41. The maximum atomic E-state index is 4.95. The van der Waals surface area contributed by atoms with E-state index in [0.29, 0.717) is 0 Å². The van der Waals surface area contributed by atoms with Gasteiger partial charge in [0.25, 0.3) is 0 Å². The number of hydrogen-bond acceptors (Lipinski definition) is 1. The average Bonchev–Trinajstić information content (AvgIpc) is 2.16. The molecule has 0 saturated heterocycles. The zero-order valence-electron chi connectivity index (χ0n) is 7.76. The molecule has 0 aromatic heterocycles. The van der Waals surface area contributed by atoms with Gasteiger partial charge >= 0.3 is 0 Å². The van der Waals surface area contributed by atoms with Gasteiger partial charge in [-0.2, -0.15) is 0 Å². The second-order valence-electron chi connectivity index (χ2n) is 2.84. The van der Waals surface area contributed by atoms with Crippen LogP contribution in [0.5, 0.6) is 5.75 Å². The third-order valence-corrected chi connectivity index (χ3v) is 2.01. The monoisotopic (exact) mass is 163 g/mol. The lowest BCUT2D eigenvalue weighted by Crippen LogP contribution is -1.88. The molecule has 0 spiro atoms. The first-order valence-electron chi connectivity index (χ1n) is 4.35. The van der Waals surface area contributed by atoms with Crippen molar-refractivity contribution in [2.45, 2.75) is 26.7 Å². The molecule has 0 atom stereocenters. The van der Waals surface area contributed by atoms with Crippen molar-refractivity contribution >= 4 is 0 Å². The van der Waals surface area contributed by atoms with Crippen LogP contribution < -0.4 is 4.74 Å². The molecule has 0 aliphatic rings. The number of ether oxygens (including phenoxy) is 1. The molecular formula is C11H15O. The molecule has 1 nitrogen and oxygen atoms in total. The molecule has 65 valence electrons. The Kier molecular flexibility index (Phi) is 3.15. The van der Waals surface area contributed by atoms with Crippen LogP contribution in [0.2, 0.25) is 0 Å². The molecule has 1 aromatic carbocycles. The van der Waals surface area contributed by atoms with Gasteiger partial charge in [-0.1, -0.05) is 19.9 Å². The number of rotatable bonds is 3. The Balaban J connectivity index is 3.01. The second-order valence-corrected chi connectivity index (χ2v) is 2.84. The molecule has 1 radical (unpaired) electrons. The summed E-state index contributed by atoms with van der Waals surface area (Å²) in [6.45, 7) is 4.28. The molecule has 12 heavy (non-hydrogen) atoms. The van der Waals surface area contributed by atoms with Crippen LogP contribution in [0.4, 0.5) is 0 Å². The van der Waals surface area contributed by atoms with Crippen LogP contribution in [0.1, 0.15) is 25.0 Å². The predicted molar refractivity (Wildman–Crippen MR) is 51.2 cm³/mol. The topological polar surface area (TPSA) is 9.23 Å². The zero-order chi connectivity index (χ0) is 8.97. The van der Waals surface area contributed by atoms with E-state index in [4.69, 9.17) is 4.74 Å². The molecule has 0 aliphatic carbocycles. The smallest absolute Gasteiger partial charge is 0.122 e. The van der Waals surface area contributed by atoms with E-state index in [-0.39, 0.29) is 0 Å². The number of hydrogen-bond donors (Lipinski definition) is 0. The van der Waals surface area contributed by atoms with Crippen molar-refractivity contribution in [3.8, 4) is 5.75 Å². The van der Waals surface area contributed by atoms with E-state index < -0.39 is 0 Å². The summed E-state index contributed by atoms with van der Waals surface area (Å²) in [4.78, 5) is 0. The van der Waals surface area contributed by atoms with Crippen LogP contribution in [0.15, 0.2) is 18.2 Å². The summed E-state index contributed by atoms with van der Waals surface area (Å²) in [6.07, 6.45) is 2.09. The molecule has 0 N–H and O–H groups in total. The van der Waals surface area contributed by atoms with E-state index in [1.165, 1.54) is 11.1 Å². The van der Waals surface area contributed by atoms with Crippen LogP contribution in [0.25, 0.3) is 0 Å². The predicted octanol–water partition coefficient (Wildman–Crippen LogP) is 2.98. The van der Waals surface area contributed by atoms with Gasteiger partial charge in [0, 0.05) is 0 Å². The minimum Gasteiger partial charge on any atom is -0.490 e. The first-order valence-corrected chi connectivity index (χ1v) is 4.35. The molecule has 0 amide bonds. The Labute approximate surface area is 74.4 Å².